The number of nitrogens with zero attached hydrogens (tertiary/aromatic N) is 1. The molecule has 2 amide bonds. The molecule has 0 aliphatic heterocycles. The standard InChI is InChI=1S/C34H45N3O6/c1-29(2)22-10-11-33(6)23(32(22,5)18-20(35-8)25(29)39)16-21(38)24-19-17-31(4,28(42)37-36-26(40)27(41)43-9)13-12-30(19,3)14-15-34(24,33)7/h16,18-19,22,24H,10-15,17H2,1-7,9H3,(H,36,40)(H,37,42)/t19-,22-,24-,30+,31-,32-,33+,34+/m0/s1. The molecule has 0 bridgehead atoms. The van der Waals surface area contributed by atoms with Crippen LogP contribution in [0.1, 0.15) is 93.4 Å². The summed E-state index contributed by atoms with van der Waals surface area (Å²) in [5.41, 5.74) is 2.83. The van der Waals surface area contributed by atoms with Crippen molar-refractivity contribution >= 4 is 29.4 Å². The van der Waals surface area contributed by atoms with Crippen molar-refractivity contribution in [2.24, 2.45) is 50.2 Å². The van der Waals surface area contributed by atoms with Gasteiger partial charge in [0.1, 0.15) is 0 Å². The van der Waals surface area contributed by atoms with Crippen LogP contribution in [0.25, 0.3) is 4.85 Å². The van der Waals surface area contributed by atoms with Crippen LogP contribution < -0.4 is 10.9 Å². The third kappa shape index (κ3) is 4.11. The van der Waals surface area contributed by atoms with Crippen LogP contribution in [-0.4, -0.2) is 36.5 Å². The molecule has 232 valence electrons. The molecule has 0 aromatic carbocycles. The number of fused-ring (bicyclic) bond motifs is 7. The van der Waals surface area contributed by atoms with Crippen molar-refractivity contribution in [1.82, 2.24) is 10.9 Å². The van der Waals surface area contributed by atoms with Crippen LogP contribution in [0.5, 0.6) is 0 Å². The first-order valence-corrected chi connectivity index (χ1v) is 15.4. The number of rotatable bonds is 1. The van der Waals surface area contributed by atoms with Gasteiger partial charge in [-0.2, -0.15) is 0 Å². The summed E-state index contributed by atoms with van der Waals surface area (Å²) in [6.45, 7) is 22.4. The SMILES string of the molecule is [C-]#[N+]C1=C[C@]2(C)C3=CC(=O)[C@@H]4[C@@H]5C[C@@](C)(C(=O)NNC(=O)C(=O)OC)CC[C@]5(C)CC[C@@]4(C)[C@]3(C)CC[C@H]2C(C)(C)C1=O. The Balaban J connectivity index is 1.54. The van der Waals surface area contributed by atoms with E-state index < -0.39 is 28.1 Å². The van der Waals surface area contributed by atoms with E-state index in [-0.39, 0.29) is 57.2 Å². The molecule has 9 heteroatoms. The minimum atomic E-state index is -1.10. The lowest BCUT2D eigenvalue weighted by Gasteiger charge is -2.69. The van der Waals surface area contributed by atoms with Crippen molar-refractivity contribution in [3.8, 4) is 0 Å². The summed E-state index contributed by atoms with van der Waals surface area (Å²) in [6.07, 6.45) is 9.05. The second-order valence-corrected chi connectivity index (χ2v) is 15.7. The molecule has 9 nitrogen and oxygen atoms in total. The third-order valence-electron chi connectivity index (χ3n) is 13.3. The molecule has 5 rings (SSSR count). The van der Waals surface area contributed by atoms with E-state index in [1.165, 1.54) is 0 Å². The van der Waals surface area contributed by atoms with Crippen LogP contribution in [0.3, 0.4) is 0 Å². The summed E-state index contributed by atoms with van der Waals surface area (Å²) in [4.78, 5) is 68.3. The van der Waals surface area contributed by atoms with Gasteiger partial charge in [0.25, 0.3) is 0 Å². The first-order valence-electron chi connectivity index (χ1n) is 15.4. The van der Waals surface area contributed by atoms with Crippen LogP contribution in [0, 0.1) is 56.8 Å². The van der Waals surface area contributed by atoms with E-state index >= 15 is 0 Å². The van der Waals surface area contributed by atoms with Gasteiger partial charge in [-0.25, -0.2) is 9.64 Å². The monoisotopic (exact) mass is 591 g/mol. The number of carbonyl (C=O) groups is 5. The molecule has 8 atom stereocenters. The van der Waals surface area contributed by atoms with E-state index in [9.17, 15) is 24.0 Å². The summed E-state index contributed by atoms with van der Waals surface area (Å²) in [6, 6.07) is 0. The Morgan fingerprint density at radius 3 is 2.23 bits per heavy atom. The minimum Gasteiger partial charge on any atom is -0.462 e. The summed E-state index contributed by atoms with van der Waals surface area (Å²) >= 11 is 0. The largest absolute Gasteiger partial charge is 0.462 e. The van der Waals surface area contributed by atoms with Crippen LogP contribution >= 0.6 is 0 Å². The van der Waals surface area contributed by atoms with Crippen LogP contribution in [0.4, 0.5) is 0 Å². The average molecular weight is 592 g/mol. The van der Waals surface area contributed by atoms with Gasteiger partial charge < -0.3 is 9.53 Å². The molecule has 5 aliphatic rings. The molecule has 3 saturated carbocycles. The molecule has 43 heavy (non-hydrogen) atoms. The van der Waals surface area contributed by atoms with Gasteiger partial charge in [0.05, 0.1) is 13.7 Å². The van der Waals surface area contributed by atoms with E-state index in [1.807, 2.05) is 32.9 Å². The predicted molar refractivity (Wildman–Crippen MR) is 158 cm³/mol. The lowest BCUT2D eigenvalue weighted by molar-refractivity contribution is -0.173. The lowest BCUT2D eigenvalue weighted by Crippen LogP contribution is -2.65. The second-order valence-electron chi connectivity index (χ2n) is 15.7. The van der Waals surface area contributed by atoms with E-state index in [1.54, 1.807) is 0 Å². The Morgan fingerprint density at radius 1 is 0.953 bits per heavy atom. The maximum absolute atomic E-state index is 14.5. The van der Waals surface area contributed by atoms with Gasteiger partial charge >= 0.3 is 11.9 Å². The Labute approximate surface area is 254 Å². The summed E-state index contributed by atoms with van der Waals surface area (Å²) in [5, 5.41) is 0. The van der Waals surface area contributed by atoms with Gasteiger partial charge in [-0.05, 0) is 79.1 Å². The molecule has 0 heterocycles. The van der Waals surface area contributed by atoms with Crippen molar-refractivity contribution in [1.29, 1.82) is 0 Å². The van der Waals surface area contributed by atoms with E-state index in [0.717, 1.165) is 44.8 Å². The number of hydrogen-bond acceptors (Lipinski definition) is 6. The quantitative estimate of drug-likeness (QED) is 0.194. The highest BCUT2D eigenvalue weighted by Crippen LogP contribution is 2.74. The van der Waals surface area contributed by atoms with Crippen molar-refractivity contribution < 1.29 is 28.7 Å². The van der Waals surface area contributed by atoms with Gasteiger partial charge in [-0.1, -0.05) is 60.1 Å². The maximum atomic E-state index is 14.5. The van der Waals surface area contributed by atoms with Gasteiger partial charge in [-0.15, -0.1) is 0 Å². The third-order valence-corrected chi connectivity index (χ3v) is 13.3. The maximum Gasteiger partial charge on any atom is 0.398 e. The zero-order valence-corrected chi connectivity index (χ0v) is 26.7. The highest BCUT2D eigenvalue weighted by Gasteiger charge is 2.69. The number of ketones is 2. The Hall–Kier alpha value is -3.28. The van der Waals surface area contributed by atoms with Crippen LogP contribution in [-0.2, 0) is 28.7 Å². The topological polar surface area (TPSA) is 123 Å². The number of esters is 1. The zero-order chi connectivity index (χ0) is 32.0. The van der Waals surface area contributed by atoms with Crippen molar-refractivity contribution in [3.05, 3.63) is 34.8 Å². The average Bonchev–Trinajstić information content (AvgIpc) is 2.95. The van der Waals surface area contributed by atoms with Crippen molar-refractivity contribution in [3.63, 3.8) is 0 Å². The molecular weight excluding hydrogens is 546 g/mol. The number of hydrazine groups is 1. The molecule has 0 saturated heterocycles. The van der Waals surface area contributed by atoms with Crippen LogP contribution in [0.2, 0.25) is 0 Å². The normalized spacial score (nSPS) is 42.8. The first kappa shape index (κ1) is 31.2. The molecule has 0 radical (unpaired) electrons. The summed E-state index contributed by atoms with van der Waals surface area (Å²) in [7, 11) is 1.09. The number of hydrogen-bond donors (Lipinski definition) is 2. The fourth-order valence-electron chi connectivity index (χ4n) is 10.3. The molecule has 5 aliphatic carbocycles. The molecular formula is C34H45N3O6. The molecule has 0 aromatic rings. The molecule has 2 N–H and O–H groups in total. The number of Topliss-reactive ketones (excluding diaryl/α,β-unsaturated/α-hetero) is 1. The number of nitrogens with one attached hydrogen (secondary N) is 2. The zero-order valence-electron chi connectivity index (χ0n) is 26.7. The summed E-state index contributed by atoms with van der Waals surface area (Å²) < 4.78 is 4.42. The molecule has 0 spiro atoms. The van der Waals surface area contributed by atoms with Gasteiger partial charge in [0.2, 0.25) is 11.6 Å². The van der Waals surface area contributed by atoms with Gasteiger partial charge in [-0.3, -0.25) is 25.2 Å². The Kier molecular flexibility index (Phi) is 6.96. The highest BCUT2D eigenvalue weighted by molar-refractivity contribution is 6.32. The highest BCUT2D eigenvalue weighted by atomic mass is 16.5. The molecule has 0 aromatic heterocycles. The van der Waals surface area contributed by atoms with Crippen LogP contribution in [0.15, 0.2) is 23.4 Å². The van der Waals surface area contributed by atoms with Crippen molar-refractivity contribution in [2.75, 3.05) is 7.11 Å². The number of methoxy groups -OCH3 is 1. The fraction of sp³-hybridized carbons (Fsp3) is 0.706. The number of amides is 2. The predicted octanol–water partition coefficient (Wildman–Crippen LogP) is 4.88. The number of carbonyl (C=O) groups excluding carboxylic acids is 5. The number of ether oxygens (including phenoxy) is 1. The Morgan fingerprint density at radius 2 is 1.60 bits per heavy atom. The van der Waals surface area contributed by atoms with E-state index in [4.69, 9.17) is 6.57 Å². The van der Waals surface area contributed by atoms with Gasteiger partial charge in [0, 0.05) is 22.2 Å². The summed E-state index contributed by atoms with van der Waals surface area (Å²) in [5.74, 6) is -2.94. The molecule has 3 fully saturated rings. The molecule has 0 unspecified atom stereocenters. The van der Waals surface area contributed by atoms with Gasteiger partial charge in [0.15, 0.2) is 11.6 Å². The fourth-order valence-corrected chi connectivity index (χ4v) is 10.3. The minimum absolute atomic E-state index is 0.0130. The second kappa shape index (κ2) is 9.61. The lowest BCUT2D eigenvalue weighted by atomic mass is 9.34. The van der Waals surface area contributed by atoms with E-state index in [0.29, 0.717) is 12.8 Å². The first-order chi connectivity index (χ1) is 19.8. The number of allylic oxidation sites excluding steroid dienone is 4. The Bertz CT molecular complexity index is 1440. The smallest absolute Gasteiger partial charge is 0.398 e. The van der Waals surface area contributed by atoms with E-state index in [2.05, 4.69) is 48.1 Å². The van der Waals surface area contributed by atoms with Crippen molar-refractivity contribution in [2.45, 2.75) is 93.4 Å².